The first kappa shape index (κ1) is 22.4. The smallest absolute Gasteiger partial charge is 0.496 e. The van der Waals surface area contributed by atoms with E-state index >= 15 is 0 Å². The second-order valence-electron chi connectivity index (χ2n) is 6.47. The summed E-state index contributed by atoms with van der Waals surface area (Å²) in [6.45, 7) is 0. The van der Waals surface area contributed by atoms with E-state index in [9.17, 15) is 26.4 Å². The molecule has 0 N–H and O–H groups in total. The number of hydrogen-bond acceptors (Lipinski definition) is 4. The molecule has 0 bridgehead atoms. The molecule has 0 aromatic rings. The lowest BCUT2D eigenvalue weighted by atomic mass is 9.95. The molecule has 1 heterocycles. The Balaban J connectivity index is 2.09. The molecule has 9 heteroatoms. The molecule has 0 aromatic carbocycles. The molecular formula is C22H18F3NO4S. The molecule has 0 aromatic heterocycles. The van der Waals surface area contributed by atoms with Crippen LogP contribution >= 0.6 is 0 Å². The fourth-order valence-electron chi connectivity index (χ4n) is 3.33. The van der Waals surface area contributed by atoms with Crippen LogP contribution in [0.3, 0.4) is 0 Å². The minimum atomic E-state index is -5.51. The van der Waals surface area contributed by atoms with Gasteiger partial charge in [-0.05, 0) is 17.2 Å². The van der Waals surface area contributed by atoms with Gasteiger partial charge in [0.2, 0.25) is 0 Å². The van der Waals surface area contributed by atoms with Crippen LogP contribution in [0, 0.1) is 0 Å². The molecule has 3 aliphatic rings. The van der Waals surface area contributed by atoms with Crippen molar-refractivity contribution in [3.8, 4) is 16.9 Å². The number of ether oxygens (including phenoxy) is 1. The molecule has 3 rings (SSSR count). The number of sulfonamides is 1. The number of methoxy groups -OCH3 is 1. The van der Waals surface area contributed by atoms with Crippen molar-refractivity contribution in [1.82, 2.24) is 4.31 Å². The Kier molecular flexibility index (Phi) is 6.35. The lowest BCUT2D eigenvalue weighted by Crippen LogP contribution is -2.35. The second kappa shape index (κ2) is 8.81. The van der Waals surface area contributed by atoms with Crippen LogP contribution in [0.5, 0.6) is 5.75 Å². The first-order chi connectivity index (χ1) is 14.7. The molecular weight excluding hydrogens is 431 g/mol. The van der Waals surface area contributed by atoms with Gasteiger partial charge in [0.1, 0.15) is 12.0 Å². The van der Waals surface area contributed by atoms with E-state index in [-0.39, 0.29) is 4.31 Å². The van der Waals surface area contributed by atoms with Crippen molar-refractivity contribution in [1.29, 1.82) is 0 Å². The molecule has 0 saturated heterocycles. The number of hydrogen-bond donors (Lipinski definition) is 0. The minimum Gasteiger partial charge on any atom is -0.496 e. The Morgan fingerprint density at radius 1 is 1.00 bits per heavy atom. The van der Waals surface area contributed by atoms with Gasteiger partial charge >= 0.3 is 15.5 Å². The molecule has 0 amide bonds. The fourth-order valence-corrected chi connectivity index (χ4v) is 4.03. The Morgan fingerprint density at radius 2 is 1.65 bits per heavy atom. The summed E-state index contributed by atoms with van der Waals surface area (Å²) in [4.78, 5) is 10.5. The molecule has 0 saturated carbocycles. The Labute approximate surface area is 177 Å². The van der Waals surface area contributed by atoms with Crippen LogP contribution in [0.2, 0.25) is 0 Å². The van der Waals surface area contributed by atoms with Crippen molar-refractivity contribution >= 4 is 22.4 Å². The monoisotopic (exact) mass is 449 g/mol. The Bertz CT molecular complexity index is 1150. The SMILES string of the molecule is COc1c(/C=C/C=C/C=O)c2cccccc-2c1C1C=CN(S(=O)(=O)C(F)(F)F)C=C1. The predicted octanol–water partition coefficient (Wildman–Crippen LogP) is 4.84. The van der Waals surface area contributed by atoms with Gasteiger partial charge in [0.15, 0.2) is 0 Å². The van der Waals surface area contributed by atoms with Crippen molar-refractivity contribution in [3.05, 3.63) is 84.2 Å². The van der Waals surface area contributed by atoms with Crippen molar-refractivity contribution in [2.24, 2.45) is 0 Å². The number of rotatable bonds is 6. The van der Waals surface area contributed by atoms with Gasteiger partial charge in [-0.2, -0.15) is 21.6 Å². The highest BCUT2D eigenvalue weighted by Gasteiger charge is 2.49. The number of aldehydes is 1. The van der Waals surface area contributed by atoms with Gasteiger partial charge in [-0.1, -0.05) is 60.7 Å². The molecule has 0 atom stereocenters. The van der Waals surface area contributed by atoms with Crippen molar-refractivity contribution in [2.75, 3.05) is 7.11 Å². The van der Waals surface area contributed by atoms with E-state index in [4.69, 9.17) is 4.74 Å². The van der Waals surface area contributed by atoms with Gasteiger partial charge in [0.05, 0.1) is 7.11 Å². The zero-order valence-corrected chi connectivity index (χ0v) is 17.1. The topological polar surface area (TPSA) is 63.7 Å². The lowest BCUT2D eigenvalue weighted by Gasteiger charge is -2.23. The van der Waals surface area contributed by atoms with Crippen LogP contribution in [0.1, 0.15) is 17.0 Å². The van der Waals surface area contributed by atoms with E-state index in [0.29, 0.717) is 17.6 Å². The van der Waals surface area contributed by atoms with Crippen molar-refractivity contribution in [2.45, 2.75) is 11.4 Å². The molecule has 5 nitrogen and oxygen atoms in total. The third-order valence-corrected chi connectivity index (χ3v) is 6.04. The highest BCUT2D eigenvalue weighted by atomic mass is 32.2. The molecule has 0 fully saturated rings. The average Bonchev–Trinajstić information content (AvgIpc) is 2.86. The third-order valence-electron chi connectivity index (χ3n) is 4.66. The Hall–Kier alpha value is -3.33. The highest BCUT2D eigenvalue weighted by Crippen LogP contribution is 2.47. The van der Waals surface area contributed by atoms with Crippen LogP contribution in [-0.2, 0) is 14.8 Å². The summed E-state index contributed by atoms with van der Waals surface area (Å²) in [5, 5.41) is 0. The first-order valence-corrected chi connectivity index (χ1v) is 10.5. The van der Waals surface area contributed by atoms with Gasteiger partial charge in [-0.3, -0.25) is 4.79 Å². The van der Waals surface area contributed by atoms with Gasteiger partial charge in [-0.25, -0.2) is 4.31 Å². The summed E-state index contributed by atoms with van der Waals surface area (Å²) in [7, 11) is -4.03. The maximum absolute atomic E-state index is 12.8. The average molecular weight is 449 g/mol. The van der Waals surface area contributed by atoms with Gasteiger partial charge in [0, 0.05) is 29.4 Å². The van der Waals surface area contributed by atoms with E-state index in [2.05, 4.69) is 0 Å². The van der Waals surface area contributed by atoms with E-state index in [1.165, 1.54) is 25.3 Å². The number of carbonyl (C=O) groups excluding carboxylic acids is 1. The van der Waals surface area contributed by atoms with Gasteiger partial charge in [0.25, 0.3) is 0 Å². The third kappa shape index (κ3) is 4.27. The standard InChI is InChI=1S/C22H18F3NO4S/c1-30-21-19(10-6-3-7-15-27)17-8-4-2-5-9-18(17)20(21)16-11-13-26(14-12-16)31(28,29)22(23,24)25/h2-16H,1H3/b7-3+,10-6+. The molecule has 162 valence electrons. The fraction of sp³-hybridized carbons (Fsp3) is 0.136. The second-order valence-corrected chi connectivity index (χ2v) is 8.30. The first-order valence-electron chi connectivity index (χ1n) is 9.06. The van der Waals surface area contributed by atoms with E-state index < -0.39 is 21.4 Å². The number of alkyl halides is 3. The lowest BCUT2D eigenvalue weighted by molar-refractivity contribution is -0.104. The summed E-state index contributed by atoms with van der Waals surface area (Å²) >= 11 is 0. The molecule has 2 aliphatic carbocycles. The largest absolute Gasteiger partial charge is 0.517 e. The predicted molar refractivity (Wildman–Crippen MR) is 112 cm³/mol. The van der Waals surface area contributed by atoms with Crippen LogP contribution < -0.4 is 4.74 Å². The Morgan fingerprint density at radius 3 is 2.23 bits per heavy atom. The minimum absolute atomic E-state index is 0.145. The molecule has 0 unspecified atom stereocenters. The van der Waals surface area contributed by atoms with Crippen molar-refractivity contribution in [3.63, 3.8) is 0 Å². The van der Waals surface area contributed by atoms with E-state index in [0.717, 1.165) is 29.1 Å². The van der Waals surface area contributed by atoms with Gasteiger partial charge in [-0.15, -0.1) is 0 Å². The molecule has 31 heavy (non-hydrogen) atoms. The van der Waals surface area contributed by atoms with Crippen LogP contribution in [0.4, 0.5) is 13.2 Å². The number of carbonyl (C=O) groups is 1. The molecule has 0 spiro atoms. The van der Waals surface area contributed by atoms with E-state index in [1.54, 1.807) is 18.2 Å². The quantitative estimate of drug-likeness (QED) is 0.360. The number of allylic oxidation sites excluding steroid dienone is 5. The number of halogens is 3. The molecule has 0 radical (unpaired) electrons. The van der Waals surface area contributed by atoms with Crippen LogP contribution in [0.15, 0.2) is 73.1 Å². The van der Waals surface area contributed by atoms with Crippen LogP contribution in [0.25, 0.3) is 17.2 Å². The summed E-state index contributed by atoms with van der Waals surface area (Å²) < 4.78 is 67.5. The zero-order valence-electron chi connectivity index (χ0n) is 16.3. The maximum atomic E-state index is 12.8. The zero-order chi connectivity index (χ0) is 22.6. The normalized spacial score (nSPS) is 15.4. The summed E-state index contributed by atoms with van der Waals surface area (Å²) in [6.07, 6.45) is 11.5. The summed E-state index contributed by atoms with van der Waals surface area (Å²) in [5.41, 5.74) is -2.36. The molecule has 1 aliphatic heterocycles. The maximum Gasteiger partial charge on any atom is 0.517 e. The van der Waals surface area contributed by atoms with Crippen molar-refractivity contribution < 1.29 is 31.1 Å². The summed E-state index contributed by atoms with van der Waals surface area (Å²) in [5.74, 6) is -0.0180. The van der Waals surface area contributed by atoms with E-state index in [1.807, 2.05) is 30.3 Å². The summed E-state index contributed by atoms with van der Waals surface area (Å²) in [6, 6.07) is 9.23. The number of fused-ring (bicyclic) bond motifs is 1. The van der Waals surface area contributed by atoms with Crippen LogP contribution in [-0.4, -0.2) is 31.6 Å². The number of nitrogens with zero attached hydrogens (tertiary/aromatic N) is 1. The van der Waals surface area contributed by atoms with Gasteiger partial charge < -0.3 is 4.74 Å². The highest BCUT2D eigenvalue weighted by molar-refractivity contribution is 7.90.